The molecule has 1 saturated carbocycles. The second-order valence-corrected chi connectivity index (χ2v) is 6.19. The Morgan fingerprint density at radius 2 is 2.12 bits per heavy atom. The lowest BCUT2D eigenvalue weighted by Crippen LogP contribution is -2.78. The van der Waals surface area contributed by atoms with Crippen LogP contribution in [0.1, 0.15) is 33.6 Å². The van der Waals surface area contributed by atoms with Crippen LogP contribution in [0.5, 0.6) is 0 Å². The van der Waals surface area contributed by atoms with Crippen molar-refractivity contribution in [2.75, 3.05) is 26.7 Å². The molecule has 16 heavy (non-hydrogen) atoms. The summed E-state index contributed by atoms with van der Waals surface area (Å²) in [6.45, 7) is 9.77. The lowest BCUT2D eigenvalue weighted by atomic mass is 9.48. The van der Waals surface area contributed by atoms with Gasteiger partial charge >= 0.3 is 0 Å². The summed E-state index contributed by atoms with van der Waals surface area (Å²) in [5.74, 6) is 0.571. The molecule has 0 aromatic rings. The SMILES string of the molecule is CCCN(C)CC1(N)C2CCOC2C1(C)C. The molecule has 3 atom stereocenters. The summed E-state index contributed by atoms with van der Waals surface area (Å²) in [6, 6.07) is 0. The fourth-order valence-corrected chi connectivity index (χ4v) is 3.70. The Morgan fingerprint density at radius 3 is 2.75 bits per heavy atom. The molecule has 94 valence electrons. The zero-order valence-electron chi connectivity index (χ0n) is 11.1. The molecule has 1 saturated heterocycles. The largest absolute Gasteiger partial charge is 0.377 e. The third kappa shape index (κ3) is 1.52. The molecule has 1 aliphatic heterocycles. The van der Waals surface area contributed by atoms with Crippen molar-refractivity contribution in [1.82, 2.24) is 4.90 Å². The number of hydrogen-bond donors (Lipinski definition) is 1. The summed E-state index contributed by atoms with van der Waals surface area (Å²) in [5, 5.41) is 0. The maximum Gasteiger partial charge on any atom is 0.0691 e. The first-order valence-electron chi connectivity index (χ1n) is 6.52. The molecule has 0 aromatic heterocycles. The molecule has 0 bridgehead atoms. The molecule has 2 fully saturated rings. The van der Waals surface area contributed by atoms with E-state index >= 15 is 0 Å². The fraction of sp³-hybridized carbons (Fsp3) is 1.00. The van der Waals surface area contributed by atoms with Gasteiger partial charge < -0.3 is 15.4 Å². The van der Waals surface area contributed by atoms with Crippen molar-refractivity contribution < 1.29 is 4.74 Å². The number of rotatable bonds is 4. The summed E-state index contributed by atoms with van der Waals surface area (Å²) in [5.41, 5.74) is 6.74. The molecule has 1 aliphatic carbocycles. The van der Waals surface area contributed by atoms with Gasteiger partial charge in [0.1, 0.15) is 0 Å². The first-order chi connectivity index (χ1) is 7.43. The van der Waals surface area contributed by atoms with Gasteiger partial charge in [-0.2, -0.15) is 0 Å². The summed E-state index contributed by atoms with van der Waals surface area (Å²) < 4.78 is 5.81. The normalized spacial score (nSPS) is 40.9. The average molecular weight is 226 g/mol. The van der Waals surface area contributed by atoms with Crippen LogP contribution >= 0.6 is 0 Å². The summed E-state index contributed by atoms with van der Waals surface area (Å²) in [6.07, 6.45) is 2.73. The van der Waals surface area contributed by atoms with E-state index in [2.05, 4.69) is 32.7 Å². The second kappa shape index (κ2) is 3.97. The Morgan fingerprint density at radius 1 is 1.44 bits per heavy atom. The van der Waals surface area contributed by atoms with Gasteiger partial charge in [0.2, 0.25) is 0 Å². The number of nitrogens with zero attached hydrogens (tertiary/aromatic N) is 1. The van der Waals surface area contributed by atoms with Crippen molar-refractivity contribution in [3.8, 4) is 0 Å². The molecular weight excluding hydrogens is 200 g/mol. The summed E-state index contributed by atoms with van der Waals surface area (Å²) in [4.78, 5) is 2.37. The number of nitrogens with two attached hydrogens (primary N) is 1. The van der Waals surface area contributed by atoms with Crippen LogP contribution < -0.4 is 5.73 Å². The van der Waals surface area contributed by atoms with Crippen molar-refractivity contribution in [2.45, 2.75) is 45.3 Å². The van der Waals surface area contributed by atoms with Gasteiger partial charge in [0.15, 0.2) is 0 Å². The lowest BCUT2D eigenvalue weighted by Gasteiger charge is -2.63. The van der Waals surface area contributed by atoms with Crippen LogP contribution in [0.3, 0.4) is 0 Å². The van der Waals surface area contributed by atoms with Gasteiger partial charge in [0, 0.05) is 30.0 Å². The number of fused-ring (bicyclic) bond motifs is 1. The first-order valence-corrected chi connectivity index (χ1v) is 6.52. The van der Waals surface area contributed by atoms with Crippen LogP contribution in [0, 0.1) is 11.3 Å². The molecule has 1 heterocycles. The molecule has 3 heteroatoms. The van der Waals surface area contributed by atoms with Crippen molar-refractivity contribution in [1.29, 1.82) is 0 Å². The maximum atomic E-state index is 6.68. The first kappa shape index (κ1) is 12.3. The lowest BCUT2D eigenvalue weighted by molar-refractivity contribution is -0.161. The number of likely N-dealkylation sites (N-methyl/N-ethyl adjacent to an activating group) is 1. The molecule has 3 nitrogen and oxygen atoms in total. The maximum absolute atomic E-state index is 6.68. The summed E-state index contributed by atoms with van der Waals surface area (Å²) >= 11 is 0. The highest BCUT2D eigenvalue weighted by Crippen LogP contribution is 2.58. The molecular formula is C13H26N2O. The Balaban J connectivity index is 2.06. The zero-order chi connectivity index (χ0) is 12.0. The smallest absolute Gasteiger partial charge is 0.0691 e. The van der Waals surface area contributed by atoms with E-state index in [0.29, 0.717) is 12.0 Å². The summed E-state index contributed by atoms with van der Waals surface area (Å²) in [7, 11) is 2.18. The molecule has 3 unspecified atom stereocenters. The van der Waals surface area contributed by atoms with Crippen molar-refractivity contribution in [3.63, 3.8) is 0 Å². The third-order valence-electron chi connectivity index (χ3n) is 4.80. The third-order valence-corrected chi connectivity index (χ3v) is 4.80. The standard InChI is InChI=1S/C13H26N2O/c1-5-7-15(4)9-13(14)10-6-8-16-11(10)12(13,2)3/h10-11H,5-9,14H2,1-4H3. The van der Waals surface area contributed by atoms with E-state index in [1.807, 2.05) is 0 Å². The van der Waals surface area contributed by atoms with E-state index in [1.54, 1.807) is 0 Å². The predicted octanol–water partition coefficient (Wildman–Crippen LogP) is 1.47. The molecule has 2 N–H and O–H groups in total. The van der Waals surface area contributed by atoms with E-state index in [0.717, 1.165) is 26.1 Å². The van der Waals surface area contributed by atoms with Crippen LogP contribution in [0.15, 0.2) is 0 Å². The van der Waals surface area contributed by atoms with Gasteiger partial charge in [-0.15, -0.1) is 0 Å². The Bertz CT molecular complexity index is 267. The van der Waals surface area contributed by atoms with Crippen LogP contribution in [-0.4, -0.2) is 43.3 Å². The molecule has 0 spiro atoms. The highest BCUT2D eigenvalue weighted by molar-refractivity contribution is 5.21. The zero-order valence-corrected chi connectivity index (χ0v) is 11.1. The van der Waals surface area contributed by atoms with Gasteiger partial charge in [-0.1, -0.05) is 20.8 Å². The van der Waals surface area contributed by atoms with Gasteiger partial charge in [-0.3, -0.25) is 0 Å². The Hall–Kier alpha value is -0.120. The van der Waals surface area contributed by atoms with Crippen LogP contribution in [0.2, 0.25) is 0 Å². The minimum Gasteiger partial charge on any atom is -0.377 e. The highest BCUT2D eigenvalue weighted by atomic mass is 16.5. The van der Waals surface area contributed by atoms with Gasteiger partial charge in [0.25, 0.3) is 0 Å². The predicted molar refractivity (Wildman–Crippen MR) is 66.3 cm³/mol. The van der Waals surface area contributed by atoms with E-state index in [1.165, 1.54) is 6.42 Å². The van der Waals surface area contributed by atoms with E-state index < -0.39 is 0 Å². The van der Waals surface area contributed by atoms with E-state index in [-0.39, 0.29) is 11.0 Å². The Labute approximate surface area is 99.3 Å². The fourth-order valence-electron chi connectivity index (χ4n) is 3.70. The monoisotopic (exact) mass is 226 g/mol. The highest BCUT2D eigenvalue weighted by Gasteiger charge is 2.67. The molecule has 0 amide bonds. The van der Waals surface area contributed by atoms with Gasteiger partial charge in [0.05, 0.1) is 6.10 Å². The minimum absolute atomic E-state index is 0.0575. The number of ether oxygens (including phenoxy) is 1. The van der Waals surface area contributed by atoms with Gasteiger partial charge in [-0.05, 0) is 26.4 Å². The van der Waals surface area contributed by atoms with Crippen molar-refractivity contribution in [2.24, 2.45) is 17.1 Å². The topological polar surface area (TPSA) is 38.5 Å². The van der Waals surface area contributed by atoms with Crippen LogP contribution in [-0.2, 0) is 4.74 Å². The molecule has 0 radical (unpaired) electrons. The van der Waals surface area contributed by atoms with Crippen LogP contribution in [0.25, 0.3) is 0 Å². The Kier molecular flexibility index (Phi) is 3.06. The van der Waals surface area contributed by atoms with Gasteiger partial charge in [-0.25, -0.2) is 0 Å². The van der Waals surface area contributed by atoms with Crippen molar-refractivity contribution >= 4 is 0 Å². The van der Waals surface area contributed by atoms with E-state index in [9.17, 15) is 0 Å². The molecule has 0 aromatic carbocycles. The molecule has 2 aliphatic rings. The molecule has 2 rings (SSSR count). The average Bonchev–Trinajstić information content (AvgIpc) is 2.64. The second-order valence-electron chi connectivity index (χ2n) is 6.19. The quantitative estimate of drug-likeness (QED) is 0.789. The van der Waals surface area contributed by atoms with Crippen molar-refractivity contribution in [3.05, 3.63) is 0 Å². The number of hydrogen-bond acceptors (Lipinski definition) is 3. The van der Waals surface area contributed by atoms with Crippen LogP contribution in [0.4, 0.5) is 0 Å². The van der Waals surface area contributed by atoms with E-state index in [4.69, 9.17) is 10.5 Å². The minimum atomic E-state index is -0.0575.